The first-order chi connectivity index (χ1) is 39.1. The first kappa shape index (κ1) is 56.1. The van der Waals surface area contributed by atoms with Crippen molar-refractivity contribution in [2.75, 3.05) is 84.8 Å². The van der Waals surface area contributed by atoms with E-state index in [0.717, 1.165) is 101 Å². The van der Waals surface area contributed by atoms with Gasteiger partial charge in [0.1, 0.15) is 17.1 Å². The van der Waals surface area contributed by atoms with Gasteiger partial charge in [-0.3, -0.25) is 39.2 Å². The number of nitrogens with one attached hydrogen (secondary N) is 2. The fourth-order valence-corrected chi connectivity index (χ4v) is 14.5. The average Bonchev–Trinajstić information content (AvgIpc) is 3.83. The van der Waals surface area contributed by atoms with Crippen LogP contribution in [0, 0.1) is 17.3 Å². The molecule has 0 unspecified atom stereocenters. The van der Waals surface area contributed by atoms with E-state index in [1.54, 1.807) is 20.4 Å². The molecule has 0 radical (unpaired) electrons. The number of aromatic nitrogens is 4. The Bertz CT molecular complexity index is 3090. The minimum absolute atomic E-state index is 0.0302. The van der Waals surface area contributed by atoms with Gasteiger partial charge in [-0.25, -0.2) is 10.4 Å². The number of piperazine rings is 1. The van der Waals surface area contributed by atoms with Crippen LogP contribution in [0.15, 0.2) is 60.2 Å². The van der Waals surface area contributed by atoms with Crippen molar-refractivity contribution in [2.24, 2.45) is 17.3 Å². The van der Waals surface area contributed by atoms with Crippen LogP contribution in [0.25, 0.3) is 33.4 Å². The summed E-state index contributed by atoms with van der Waals surface area (Å²) in [5, 5.41) is 8.67. The van der Waals surface area contributed by atoms with E-state index in [-0.39, 0.29) is 60.1 Å². The van der Waals surface area contributed by atoms with Gasteiger partial charge in [0.05, 0.1) is 72.1 Å². The summed E-state index contributed by atoms with van der Waals surface area (Å²) in [6.07, 6.45) is 9.30. The number of nitrogens with zero attached hydrogens (tertiary/aromatic N) is 8. The molecule has 9 heterocycles. The van der Waals surface area contributed by atoms with Crippen molar-refractivity contribution in [2.45, 2.75) is 147 Å². The van der Waals surface area contributed by atoms with E-state index in [4.69, 9.17) is 33.7 Å². The number of hydrogen-bond donors (Lipinski definition) is 2. The van der Waals surface area contributed by atoms with Crippen LogP contribution in [0.2, 0.25) is 0 Å². The summed E-state index contributed by atoms with van der Waals surface area (Å²) >= 11 is 1.49. The molecule has 0 spiro atoms. The second kappa shape index (κ2) is 23.0. The van der Waals surface area contributed by atoms with Crippen LogP contribution >= 0.6 is 11.3 Å². The largest absolute Gasteiger partial charge is 0.464 e. The van der Waals surface area contributed by atoms with Crippen LogP contribution in [-0.4, -0.2) is 168 Å². The molecule has 6 bridgehead atoms. The number of pyridine rings is 2. The summed E-state index contributed by atoms with van der Waals surface area (Å²) in [6.45, 7) is 19.9. The van der Waals surface area contributed by atoms with Gasteiger partial charge in [-0.1, -0.05) is 32.9 Å². The number of fused-ring (bicyclic) bond motifs is 6. The topological polar surface area (TPSA) is 178 Å². The molecule has 4 saturated heterocycles. The van der Waals surface area contributed by atoms with E-state index in [9.17, 15) is 9.59 Å². The quantitative estimate of drug-likeness (QED) is 0.103. The van der Waals surface area contributed by atoms with Crippen LogP contribution in [0.4, 0.5) is 5.69 Å². The second-order valence-electron chi connectivity index (χ2n) is 25.3. The number of rotatable bonds is 14. The number of carbonyl (C=O) groups excluding carboxylic acids is 3. The van der Waals surface area contributed by atoms with Crippen LogP contribution in [0.1, 0.15) is 120 Å². The van der Waals surface area contributed by atoms with E-state index in [0.29, 0.717) is 63.7 Å². The number of thiazole rings is 1. The molecular formula is C62H82N10O8S. The molecule has 19 heteroatoms. The molecule has 5 aromatic rings. The number of methoxy groups -OCH3 is 2. The Balaban J connectivity index is 0.988. The predicted octanol–water partition coefficient (Wildman–Crippen LogP) is 7.72. The van der Waals surface area contributed by atoms with Gasteiger partial charge in [0.25, 0.3) is 5.91 Å². The van der Waals surface area contributed by atoms with Crippen molar-refractivity contribution in [3.05, 3.63) is 82.2 Å². The molecule has 1 aromatic carbocycles. The normalized spacial score (nSPS) is 27.8. The van der Waals surface area contributed by atoms with E-state index < -0.39 is 29.5 Å². The van der Waals surface area contributed by atoms with Crippen molar-refractivity contribution in [1.29, 1.82) is 0 Å². The average molecular weight is 1130 g/mol. The number of anilines is 1. The zero-order valence-corrected chi connectivity index (χ0v) is 49.3. The Labute approximate surface area is 480 Å². The third-order valence-corrected chi connectivity index (χ3v) is 19.3. The van der Waals surface area contributed by atoms with Crippen molar-refractivity contribution in [1.82, 2.24) is 45.1 Å². The number of cyclic esters (lactones) is 1. The summed E-state index contributed by atoms with van der Waals surface area (Å²) < 4.78 is 33.7. The van der Waals surface area contributed by atoms with E-state index in [2.05, 4.69) is 106 Å². The summed E-state index contributed by atoms with van der Waals surface area (Å²) in [5.41, 5.74) is 11.1. The van der Waals surface area contributed by atoms with Gasteiger partial charge in [-0.2, -0.15) is 0 Å². The van der Waals surface area contributed by atoms with E-state index in [1.165, 1.54) is 29.2 Å². The smallest absolute Gasteiger partial charge is 0.324 e. The highest BCUT2D eigenvalue weighted by Gasteiger charge is 2.55. The van der Waals surface area contributed by atoms with Crippen molar-refractivity contribution in [3.63, 3.8) is 0 Å². The minimum atomic E-state index is -1.05. The Morgan fingerprint density at radius 3 is 2.52 bits per heavy atom. The molecule has 4 aromatic heterocycles. The number of esters is 1. The van der Waals surface area contributed by atoms with E-state index in [1.807, 2.05) is 24.4 Å². The van der Waals surface area contributed by atoms with Crippen LogP contribution in [-0.2, 0) is 51.0 Å². The summed E-state index contributed by atoms with van der Waals surface area (Å²) in [7, 11) is 3.45. The number of ether oxygens (including phenoxy) is 5. The maximum absolute atomic E-state index is 15.4. The molecule has 2 aliphatic carbocycles. The molecule has 7 aliphatic rings. The number of hydrogen-bond acceptors (Lipinski definition) is 16. The van der Waals surface area contributed by atoms with Gasteiger partial charge < -0.3 is 38.5 Å². The summed E-state index contributed by atoms with van der Waals surface area (Å²) in [6, 6.07) is 13.0. The molecule has 434 valence electrons. The van der Waals surface area contributed by atoms with Gasteiger partial charge in [0.2, 0.25) is 5.91 Å². The standard InChI is InChI=1S/C62H82N10O8S/c1-37-51(47-12-9-10-19-63-47)52(37)57(73)66-54-56(70-33-43(34-70)77-8)58-65-49(35-81-58)39-14-17-50-44(28-39)46(31-61(3,4)36-79-60(75)48-13-11-20-72(67-48)59(54)74)55(71(50)25-27-78-42-18-26-80-62(5,6)30-42)45-29-41(32-64-53(45)38(2)76-7)69-23-21-68(22-24-69)40-15-16-40/h9-10,12,14,17,19,28-29,32,35,37-38,40,42-43,48,51-52,54,56,67H,11,13,15-16,18,20-27,30-31,33-34,36H2,1-8H3,(H,66,73)/t37-,38-,42-,48-,51-,52+,54-,56-/m0/s1. The van der Waals surface area contributed by atoms with Crippen LogP contribution in [0.3, 0.4) is 0 Å². The SMILES string of the molecule is COC1CN([C@@H]2c3nc(cs3)-c3ccc4c(c3)c(c(-c3cc(N5CCN(C6CC6)CC5)cnc3[C@H](C)OC)n4CCO[C@H]3CCOC(C)(C)C3)CC(C)(C)COC(=O)[C@@H]3CCCN(N3)C(=O)[C@H]2NC(=O)[C@@H]2[C@@H](C)[C@H]2c2ccccn2)C1. The van der Waals surface area contributed by atoms with Crippen LogP contribution in [0.5, 0.6) is 0 Å². The second-order valence-corrected chi connectivity index (χ2v) is 26.2. The molecule has 5 aliphatic heterocycles. The fourth-order valence-electron chi connectivity index (χ4n) is 13.5. The molecular weight excluding hydrogens is 1040 g/mol. The first-order valence-corrected chi connectivity index (χ1v) is 30.6. The van der Waals surface area contributed by atoms with Crippen molar-refractivity contribution >= 4 is 45.7 Å². The lowest BCUT2D eigenvalue weighted by Gasteiger charge is -2.46. The Hall–Kier alpha value is -5.38. The molecule has 12 rings (SSSR count). The third kappa shape index (κ3) is 11.7. The van der Waals surface area contributed by atoms with Gasteiger partial charge in [0, 0.05) is 142 Å². The Morgan fingerprint density at radius 1 is 0.963 bits per heavy atom. The zero-order valence-electron chi connectivity index (χ0n) is 48.5. The molecule has 81 heavy (non-hydrogen) atoms. The van der Waals surface area contributed by atoms with Crippen molar-refractivity contribution in [3.8, 4) is 22.5 Å². The van der Waals surface area contributed by atoms with Gasteiger partial charge in [-0.15, -0.1) is 11.3 Å². The molecule has 18 nitrogen and oxygen atoms in total. The number of benzene rings is 1. The highest BCUT2D eigenvalue weighted by Crippen LogP contribution is 2.53. The number of carbonyl (C=O) groups is 3. The van der Waals surface area contributed by atoms with Crippen molar-refractivity contribution < 1.29 is 38.1 Å². The minimum Gasteiger partial charge on any atom is -0.464 e. The van der Waals surface area contributed by atoms with Crippen LogP contribution < -0.4 is 15.6 Å². The molecule has 2 N–H and O–H groups in total. The summed E-state index contributed by atoms with van der Waals surface area (Å²) in [5.74, 6) is -1.38. The fraction of sp³-hybridized carbons (Fsp3) is 0.613. The maximum Gasteiger partial charge on any atom is 0.324 e. The van der Waals surface area contributed by atoms with Gasteiger partial charge in [0.15, 0.2) is 0 Å². The zero-order chi connectivity index (χ0) is 56.3. The molecule has 6 fully saturated rings. The van der Waals surface area contributed by atoms with E-state index >= 15 is 4.79 Å². The first-order valence-electron chi connectivity index (χ1n) is 29.7. The highest BCUT2D eigenvalue weighted by molar-refractivity contribution is 7.10. The number of hydrazine groups is 1. The third-order valence-electron chi connectivity index (χ3n) is 18.4. The Kier molecular flexibility index (Phi) is 15.9. The highest BCUT2D eigenvalue weighted by atomic mass is 32.1. The number of amides is 2. The van der Waals surface area contributed by atoms with Gasteiger partial charge >= 0.3 is 5.97 Å². The lowest BCUT2D eigenvalue weighted by atomic mass is 9.84. The Morgan fingerprint density at radius 2 is 1.78 bits per heavy atom. The molecule has 2 saturated carbocycles. The molecule has 8 atom stereocenters. The van der Waals surface area contributed by atoms with Gasteiger partial charge in [-0.05, 0) is 101 Å². The lowest BCUT2D eigenvalue weighted by Crippen LogP contribution is -2.65. The maximum atomic E-state index is 15.4. The number of likely N-dealkylation sites (tertiary alicyclic amines) is 1. The monoisotopic (exact) mass is 1130 g/mol. The lowest BCUT2D eigenvalue weighted by molar-refractivity contribution is -0.156. The summed E-state index contributed by atoms with van der Waals surface area (Å²) in [4.78, 5) is 67.3. The predicted molar refractivity (Wildman–Crippen MR) is 311 cm³/mol. The molecule has 2 amide bonds.